The van der Waals surface area contributed by atoms with E-state index in [1.165, 1.54) is 10.4 Å². The van der Waals surface area contributed by atoms with Crippen LogP contribution in [0.2, 0.25) is 0 Å². The Labute approximate surface area is 284 Å². The number of hydrogen-bond acceptors (Lipinski definition) is 9. The predicted molar refractivity (Wildman–Crippen MR) is 188 cm³/mol. The lowest BCUT2D eigenvalue weighted by Gasteiger charge is -2.27. The first kappa shape index (κ1) is 32.5. The minimum absolute atomic E-state index is 0.0771. The number of anilines is 2. The third kappa shape index (κ3) is 6.80. The Balaban J connectivity index is 1.13. The van der Waals surface area contributed by atoms with Gasteiger partial charge in [-0.1, -0.05) is 36.4 Å². The molecule has 0 radical (unpaired) electrons. The smallest absolute Gasteiger partial charge is 0.339 e. The fourth-order valence-corrected chi connectivity index (χ4v) is 7.78. The number of aromatic nitrogens is 1. The summed E-state index contributed by atoms with van der Waals surface area (Å²) >= 11 is 0. The molecule has 1 aromatic heterocycles. The minimum Gasteiger partial charge on any atom is -0.497 e. The molecule has 11 nitrogen and oxygen atoms in total. The van der Waals surface area contributed by atoms with Crippen molar-refractivity contribution in [3.8, 4) is 17.0 Å². The van der Waals surface area contributed by atoms with Crippen molar-refractivity contribution in [2.45, 2.75) is 17.7 Å². The third-order valence-electron chi connectivity index (χ3n) is 8.91. The number of hydrogen-bond donors (Lipinski definition) is 1. The Morgan fingerprint density at radius 1 is 0.878 bits per heavy atom. The van der Waals surface area contributed by atoms with Crippen molar-refractivity contribution in [2.75, 3.05) is 63.3 Å². The SMILES string of the molecule is COc1ccc2cc(-c3cc(C(=O)OCC(=O)Nc4cc(S(=O)(=O)N5CCOCC5)ccc4N4CCCC4)c4ccccc4n3)ccc2c1. The first-order valence-electron chi connectivity index (χ1n) is 16.2. The van der Waals surface area contributed by atoms with Crippen molar-refractivity contribution in [3.05, 3.63) is 90.5 Å². The summed E-state index contributed by atoms with van der Waals surface area (Å²) in [6, 6.07) is 25.5. The molecule has 2 fully saturated rings. The number of morpholine rings is 1. The number of sulfonamides is 1. The van der Waals surface area contributed by atoms with E-state index >= 15 is 0 Å². The Morgan fingerprint density at radius 2 is 1.63 bits per heavy atom. The molecule has 2 saturated heterocycles. The highest BCUT2D eigenvalue weighted by atomic mass is 32.2. The summed E-state index contributed by atoms with van der Waals surface area (Å²) in [7, 11) is -2.17. The normalized spacial score (nSPS) is 15.4. The molecule has 2 aliphatic rings. The van der Waals surface area contributed by atoms with E-state index in [1.807, 2.05) is 54.6 Å². The number of nitrogens with zero attached hydrogens (tertiary/aromatic N) is 3. The van der Waals surface area contributed by atoms with E-state index in [-0.39, 0.29) is 23.5 Å². The molecule has 2 aliphatic heterocycles. The van der Waals surface area contributed by atoms with Gasteiger partial charge < -0.3 is 24.4 Å². The first-order valence-corrected chi connectivity index (χ1v) is 17.7. The Morgan fingerprint density at radius 3 is 2.43 bits per heavy atom. The summed E-state index contributed by atoms with van der Waals surface area (Å²) in [5, 5.41) is 5.42. The van der Waals surface area contributed by atoms with Crippen molar-refractivity contribution in [3.63, 3.8) is 0 Å². The van der Waals surface area contributed by atoms with Crippen LogP contribution in [0.5, 0.6) is 5.75 Å². The van der Waals surface area contributed by atoms with Gasteiger partial charge in [-0.3, -0.25) is 4.79 Å². The fourth-order valence-electron chi connectivity index (χ4n) is 6.34. The lowest BCUT2D eigenvalue weighted by molar-refractivity contribution is -0.119. The average molecular weight is 681 g/mol. The number of carbonyl (C=O) groups excluding carboxylic acids is 2. The van der Waals surface area contributed by atoms with E-state index in [9.17, 15) is 18.0 Å². The average Bonchev–Trinajstić information content (AvgIpc) is 3.68. The number of ether oxygens (including phenoxy) is 3. The Kier molecular flexibility index (Phi) is 9.17. The summed E-state index contributed by atoms with van der Waals surface area (Å²) in [5.74, 6) is -0.502. The molecule has 1 amide bonds. The molecule has 4 aromatic carbocycles. The van der Waals surface area contributed by atoms with Crippen LogP contribution in [0.25, 0.3) is 32.9 Å². The van der Waals surface area contributed by atoms with Gasteiger partial charge in [-0.05, 0) is 72.1 Å². The van der Waals surface area contributed by atoms with Gasteiger partial charge in [-0.25, -0.2) is 18.2 Å². The molecule has 3 heterocycles. The van der Waals surface area contributed by atoms with Crippen molar-refractivity contribution < 1.29 is 32.2 Å². The lowest BCUT2D eigenvalue weighted by Crippen LogP contribution is -2.40. The molecule has 0 bridgehead atoms. The molecule has 12 heteroatoms. The number of methoxy groups -OCH3 is 1. The second kappa shape index (κ2) is 13.8. The van der Waals surface area contributed by atoms with Gasteiger partial charge in [0.05, 0.1) is 53.4 Å². The number of carbonyl (C=O) groups is 2. The first-order chi connectivity index (χ1) is 23.8. The second-order valence-corrected chi connectivity index (χ2v) is 14.0. The van der Waals surface area contributed by atoms with Gasteiger partial charge in [0, 0.05) is 37.1 Å². The van der Waals surface area contributed by atoms with Crippen LogP contribution in [0.3, 0.4) is 0 Å². The zero-order valence-electron chi connectivity index (χ0n) is 27.1. The van der Waals surface area contributed by atoms with Gasteiger partial charge in [0.15, 0.2) is 6.61 Å². The van der Waals surface area contributed by atoms with Crippen molar-refractivity contribution in [2.24, 2.45) is 0 Å². The van der Waals surface area contributed by atoms with E-state index in [1.54, 1.807) is 31.4 Å². The number of nitrogens with one attached hydrogen (secondary N) is 1. The van der Waals surface area contributed by atoms with Crippen molar-refractivity contribution in [1.29, 1.82) is 0 Å². The number of esters is 1. The van der Waals surface area contributed by atoms with E-state index < -0.39 is 28.5 Å². The molecule has 0 atom stereocenters. The highest BCUT2D eigenvalue weighted by molar-refractivity contribution is 7.89. The van der Waals surface area contributed by atoms with Gasteiger partial charge >= 0.3 is 5.97 Å². The molecule has 1 N–H and O–H groups in total. The maximum Gasteiger partial charge on any atom is 0.339 e. The molecule has 49 heavy (non-hydrogen) atoms. The van der Waals surface area contributed by atoms with Crippen molar-refractivity contribution >= 4 is 54.9 Å². The van der Waals surface area contributed by atoms with Crippen LogP contribution in [-0.4, -0.2) is 82.7 Å². The minimum atomic E-state index is -3.80. The molecule has 0 aliphatic carbocycles. The topological polar surface area (TPSA) is 127 Å². The molecular formula is C37H36N4O7S. The number of amides is 1. The summed E-state index contributed by atoms with van der Waals surface area (Å²) in [4.78, 5) is 33.9. The van der Waals surface area contributed by atoms with E-state index in [0.29, 0.717) is 35.5 Å². The maximum absolute atomic E-state index is 13.6. The predicted octanol–water partition coefficient (Wildman–Crippen LogP) is 5.48. The van der Waals surface area contributed by atoms with Crippen LogP contribution in [0.15, 0.2) is 89.8 Å². The number of rotatable bonds is 9. The number of para-hydroxylation sites is 1. The quantitative estimate of drug-likeness (QED) is 0.201. The van der Waals surface area contributed by atoms with Gasteiger partial charge in [0.25, 0.3) is 5.91 Å². The summed E-state index contributed by atoms with van der Waals surface area (Å²) in [6.07, 6.45) is 1.99. The molecule has 7 rings (SSSR count). The van der Waals surface area contributed by atoms with Crippen LogP contribution in [0.4, 0.5) is 11.4 Å². The van der Waals surface area contributed by atoms with E-state index in [2.05, 4.69) is 10.2 Å². The van der Waals surface area contributed by atoms with Gasteiger partial charge in [-0.15, -0.1) is 0 Å². The molecule has 252 valence electrons. The van der Waals surface area contributed by atoms with Crippen LogP contribution in [0, 0.1) is 0 Å². The highest BCUT2D eigenvalue weighted by Gasteiger charge is 2.28. The van der Waals surface area contributed by atoms with Crippen LogP contribution >= 0.6 is 0 Å². The van der Waals surface area contributed by atoms with Crippen LogP contribution in [0.1, 0.15) is 23.2 Å². The monoisotopic (exact) mass is 680 g/mol. The Bertz CT molecular complexity index is 2160. The van der Waals surface area contributed by atoms with Crippen LogP contribution < -0.4 is 15.0 Å². The molecule has 0 spiro atoms. The zero-order chi connectivity index (χ0) is 34.0. The van der Waals surface area contributed by atoms with E-state index in [4.69, 9.17) is 19.2 Å². The molecular weight excluding hydrogens is 644 g/mol. The Hall–Kier alpha value is -5.04. The number of benzene rings is 4. The number of fused-ring (bicyclic) bond motifs is 2. The zero-order valence-corrected chi connectivity index (χ0v) is 27.9. The van der Waals surface area contributed by atoms with Gasteiger partial charge in [0.2, 0.25) is 10.0 Å². The molecule has 5 aromatic rings. The summed E-state index contributed by atoms with van der Waals surface area (Å²) < 4.78 is 44.5. The third-order valence-corrected chi connectivity index (χ3v) is 10.8. The summed E-state index contributed by atoms with van der Waals surface area (Å²) in [6.45, 7) is 2.18. The van der Waals surface area contributed by atoms with Crippen molar-refractivity contribution in [1.82, 2.24) is 9.29 Å². The fraction of sp³-hybridized carbons (Fsp3) is 0.270. The highest BCUT2D eigenvalue weighted by Crippen LogP contribution is 2.33. The lowest BCUT2D eigenvalue weighted by atomic mass is 10.0. The van der Waals surface area contributed by atoms with E-state index in [0.717, 1.165) is 53.7 Å². The van der Waals surface area contributed by atoms with Crippen LogP contribution in [-0.2, 0) is 24.3 Å². The van der Waals surface area contributed by atoms with Gasteiger partial charge in [-0.2, -0.15) is 4.31 Å². The second-order valence-electron chi connectivity index (χ2n) is 12.0. The largest absolute Gasteiger partial charge is 0.497 e. The molecule has 0 saturated carbocycles. The number of pyridine rings is 1. The maximum atomic E-state index is 13.6. The van der Waals surface area contributed by atoms with Gasteiger partial charge in [0.1, 0.15) is 5.75 Å². The molecule has 0 unspecified atom stereocenters. The standard InChI is InChI=1S/C37H36N4O7S/c1-46-28-11-10-25-20-27(9-8-26(25)21-28)33-23-31(30-6-2-3-7-32(30)38-33)37(43)48-24-36(42)39-34-22-29(12-13-35(34)40-14-4-5-15-40)49(44,45)41-16-18-47-19-17-41/h2-3,6-13,20-23H,4-5,14-19,24H2,1H3,(H,39,42). The summed E-state index contributed by atoms with van der Waals surface area (Å²) in [5.41, 5.74) is 3.36.